The zero-order chi connectivity index (χ0) is 43.1. The van der Waals surface area contributed by atoms with Gasteiger partial charge in [0.15, 0.2) is 5.60 Å². The number of hydrogen-bond acceptors (Lipinski definition) is 11. The molecule has 318 valence electrons. The molecule has 15 nitrogen and oxygen atoms in total. The van der Waals surface area contributed by atoms with Crippen LogP contribution in [0.2, 0.25) is 0 Å². The number of aliphatic hydroxyl groups is 3. The highest BCUT2D eigenvalue weighted by Crippen LogP contribution is 2.47. The van der Waals surface area contributed by atoms with Crippen LogP contribution >= 0.6 is 0 Å². The second-order valence-electron chi connectivity index (χ2n) is 15.4. The fraction of sp³-hybridized carbons (Fsp3) is 0.348. The van der Waals surface area contributed by atoms with E-state index in [4.69, 9.17) is 4.74 Å². The Bertz CT molecular complexity index is 2390. The van der Waals surface area contributed by atoms with Crippen molar-refractivity contribution < 1.29 is 34.6 Å². The van der Waals surface area contributed by atoms with Crippen LogP contribution in [0.15, 0.2) is 109 Å². The number of nitrogens with one attached hydrogen (secondary N) is 1. The van der Waals surface area contributed by atoms with Gasteiger partial charge < -0.3 is 30.3 Å². The van der Waals surface area contributed by atoms with Crippen molar-refractivity contribution in [3.8, 4) is 5.75 Å². The fourth-order valence-electron chi connectivity index (χ4n) is 8.19. The second kappa shape index (κ2) is 19.0. The van der Waals surface area contributed by atoms with Crippen molar-refractivity contribution in [3.05, 3.63) is 147 Å². The molecule has 0 radical (unpaired) electrons. The van der Waals surface area contributed by atoms with Crippen LogP contribution < -0.4 is 19.9 Å². The highest BCUT2D eigenvalue weighted by molar-refractivity contribution is 6.08. The quantitative estimate of drug-likeness (QED) is 0.0346. The Morgan fingerprint density at radius 1 is 1.02 bits per heavy atom. The molecule has 4 aromatic carbocycles. The molecule has 7 rings (SSSR count). The molecular formula is C46H51N7O8. The van der Waals surface area contributed by atoms with Gasteiger partial charge in [-0.1, -0.05) is 66.8 Å². The standard InChI is InChI=1S/C46H51N7O8/c1-3-61-37-18-20-42-34(25-37)26-40(47-21-8-10-23-54)44(56)52(42)35-16-11-13-32(24-35)28-51-43-19-17-36(53(59)60)27-39(43)46(58,45(51)57)31(2)12-7-9-22-50-29-41(48-49-50)38(30-55)33-14-5-4-6-15-33/h4-7,11-20,24-25,27,29,31,38,40,47,54-55,58H,3,8-10,21-23,26,28,30H2,1-2H3/b12-7+/t31-,38?,40?,46+/m1/s1. The molecule has 2 amide bonds. The second-order valence-corrected chi connectivity index (χ2v) is 15.4. The van der Waals surface area contributed by atoms with E-state index in [2.05, 4.69) is 15.6 Å². The lowest BCUT2D eigenvalue weighted by atomic mass is 9.82. The number of nitro groups is 1. The SMILES string of the molecule is CCOc1ccc2c(c1)CC(NCCCCO)C(=O)N2c1cccc(CN2C(=O)[C@](O)([C@H](C)/C=C/CCn3cc(C(CO)c4ccccc4)nn3)c3cc([N+](=O)[O-])ccc32)c1. The monoisotopic (exact) mass is 829 g/mol. The zero-order valence-electron chi connectivity index (χ0n) is 34.3. The van der Waals surface area contributed by atoms with Crippen LogP contribution in [0.3, 0.4) is 0 Å². The number of ether oxygens (including phenoxy) is 1. The molecule has 2 aliphatic heterocycles. The predicted molar refractivity (Wildman–Crippen MR) is 230 cm³/mol. The first-order valence-electron chi connectivity index (χ1n) is 20.7. The number of non-ortho nitro benzene ring substituents is 1. The molecule has 0 aliphatic carbocycles. The molecule has 4 N–H and O–H groups in total. The number of nitrogens with zero attached hydrogens (tertiary/aromatic N) is 6. The largest absolute Gasteiger partial charge is 0.494 e. The molecule has 0 bridgehead atoms. The molecule has 0 saturated heterocycles. The topological polar surface area (TPSA) is 196 Å². The maximum Gasteiger partial charge on any atom is 0.269 e. The summed E-state index contributed by atoms with van der Waals surface area (Å²) in [5.74, 6) is -1.17. The summed E-state index contributed by atoms with van der Waals surface area (Å²) < 4.78 is 7.45. The Labute approximate surface area is 354 Å². The third-order valence-corrected chi connectivity index (χ3v) is 11.4. The summed E-state index contributed by atoms with van der Waals surface area (Å²) in [7, 11) is 0. The van der Waals surface area contributed by atoms with Gasteiger partial charge in [0.25, 0.3) is 11.6 Å². The summed E-state index contributed by atoms with van der Waals surface area (Å²) in [6.45, 7) is 5.07. The van der Waals surface area contributed by atoms with Gasteiger partial charge in [-0.15, -0.1) is 5.10 Å². The number of aromatic nitrogens is 3. The van der Waals surface area contributed by atoms with Crippen LogP contribution in [0.25, 0.3) is 0 Å². The molecule has 0 fully saturated rings. The number of hydrogen-bond donors (Lipinski definition) is 4. The number of benzene rings is 4. The molecule has 0 spiro atoms. The van der Waals surface area contributed by atoms with Crippen LogP contribution in [0.5, 0.6) is 5.75 Å². The third-order valence-electron chi connectivity index (χ3n) is 11.4. The Morgan fingerprint density at radius 2 is 1.82 bits per heavy atom. The number of carbonyl (C=O) groups excluding carboxylic acids is 2. The van der Waals surface area contributed by atoms with E-state index in [1.807, 2.05) is 85.8 Å². The number of allylic oxidation sites excluding steroid dienone is 1. The Kier molecular flexibility index (Phi) is 13.3. The van der Waals surface area contributed by atoms with E-state index in [-0.39, 0.29) is 42.8 Å². The summed E-state index contributed by atoms with van der Waals surface area (Å²) >= 11 is 0. The molecule has 61 heavy (non-hydrogen) atoms. The van der Waals surface area contributed by atoms with Gasteiger partial charge in [-0.2, -0.15) is 0 Å². The number of aliphatic hydroxyl groups excluding tert-OH is 2. The molecule has 1 aromatic heterocycles. The average molecular weight is 830 g/mol. The van der Waals surface area contributed by atoms with Gasteiger partial charge in [0.1, 0.15) is 5.75 Å². The summed E-state index contributed by atoms with van der Waals surface area (Å²) in [6, 6.07) is 26.1. The van der Waals surface area contributed by atoms with Gasteiger partial charge in [-0.25, -0.2) is 0 Å². The highest BCUT2D eigenvalue weighted by Gasteiger charge is 2.53. The number of amides is 2. The van der Waals surface area contributed by atoms with E-state index in [0.29, 0.717) is 73.8 Å². The zero-order valence-corrected chi connectivity index (χ0v) is 34.3. The van der Waals surface area contributed by atoms with Crippen molar-refractivity contribution in [3.63, 3.8) is 0 Å². The summed E-state index contributed by atoms with van der Waals surface area (Å²) in [4.78, 5) is 43.1. The molecule has 5 aromatic rings. The van der Waals surface area contributed by atoms with E-state index in [0.717, 1.165) is 16.8 Å². The number of rotatable bonds is 19. The van der Waals surface area contributed by atoms with Crippen molar-refractivity contribution in [1.29, 1.82) is 0 Å². The van der Waals surface area contributed by atoms with Gasteiger partial charge in [0.2, 0.25) is 5.91 Å². The first-order chi connectivity index (χ1) is 29.6. The molecule has 3 heterocycles. The molecule has 0 saturated carbocycles. The molecule has 15 heteroatoms. The number of nitro benzene ring substituents is 1. The molecule has 2 unspecified atom stereocenters. The van der Waals surface area contributed by atoms with Crippen molar-refractivity contribution in [2.45, 2.75) is 70.2 Å². The Balaban J connectivity index is 1.12. The first-order valence-corrected chi connectivity index (χ1v) is 20.7. The van der Waals surface area contributed by atoms with E-state index >= 15 is 0 Å². The van der Waals surface area contributed by atoms with E-state index in [1.165, 1.54) is 23.1 Å². The number of carbonyl (C=O) groups is 2. The Morgan fingerprint density at radius 3 is 2.57 bits per heavy atom. The number of fused-ring (bicyclic) bond motifs is 2. The average Bonchev–Trinajstić information content (AvgIpc) is 3.82. The summed E-state index contributed by atoms with van der Waals surface area (Å²) in [5, 5.41) is 55.5. The van der Waals surface area contributed by atoms with Crippen molar-refractivity contribution in [2.75, 3.05) is 36.2 Å². The molecule has 2 aliphatic rings. The van der Waals surface area contributed by atoms with Crippen LogP contribution in [-0.4, -0.2) is 79.5 Å². The number of anilines is 3. The lowest BCUT2D eigenvalue weighted by Crippen LogP contribution is -2.49. The highest BCUT2D eigenvalue weighted by atomic mass is 16.6. The smallest absolute Gasteiger partial charge is 0.269 e. The van der Waals surface area contributed by atoms with Gasteiger partial charge in [-0.05, 0) is 92.2 Å². The molecular weight excluding hydrogens is 779 g/mol. The van der Waals surface area contributed by atoms with Crippen LogP contribution in [0.4, 0.5) is 22.7 Å². The van der Waals surface area contributed by atoms with Crippen LogP contribution in [0.1, 0.15) is 67.0 Å². The van der Waals surface area contributed by atoms with Gasteiger partial charge >= 0.3 is 0 Å². The van der Waals surface area contributed by atoms with Crippen molar-refractivity contribution in [1.82, 2.24) is 20.3 Å². The number of unbranched alkanes of at least 4 members (excludes halogenated alkanes) is 1. The minimum Gasteiger partial charge on any atom is -0.494 e. The van der Waals surface area contributed by atoms with E-state index in [9.17, 15) is 35.0 Å². The lowest BCUT2D eigenvalue weighted by Gasteiger charge is -2.35. The molecule has 4 atom stereocenters. The van der Waals surface area contributed by atoms with Gasteiger partial charge in [0.05, 0.1) is 53.7 Å². The fourth-order valence-corrected chi connectivity index (χ4v) is 8.19. The van der Waals surface area contributed by atoms with Gasteiger partial charge in [0, 0.05) is 48.6 Å². The van der Waals surface area contributed by atoms with Crippen LogP contribution in [0, 0.1) is 16.0 Å². The van der Waals surface area contributed by atoms with Crippen molar-refractivity contribution in [2.24, 2.45) is 5.92 Å². The first kappa shape index (κ1) is 42.8. The van der Waals surface area contributed by atoms with Gasteiger partial charge in [-0.3, -0.25) is 29.3 Å². The minimum absolute atomic E-state index is 0.0175. The Hall–Kier alpha value is -6.26. The third kappa shape index (κ3) is 8.96. The lowest BCUT2D eigenvalue weighted by molar-refractivity contribution is -0.385. The summed E-state index contributed by atoms with van der Waals surface area (Å²) in [5.41, 5.74) is 2.58. The van der Waals surface area contributed by atoms with E-state index in [1.54, 1.807) is 28.8 Å². The maximum absolute atomic E-state index is 14.5. The minimum atomic E-state index is -2.12. The number of aryl methyl sites for hydroxylation is 1. The normalized spacial score (nSPS) is 18.3. The van der Waals surface area contributed by atoms with E-state index < -0.39 is 28.4 Å². The maximum atomic E-state index is 14.5. The van der Waals surface area contributed by atoms with Crippen molar-refractivity contribution >= 4 is 34.6 Å². The van der Waals surface area contributed by atoms with Crippen LogP contribution in [-0.2, 0) is 34.7 Å². The predicted octanol–water partition coefficient (Wildman–Crippen LogP) is 5.68. The summed E-state index contributed by atoms with van der Waals surface area (Å²) in [6.07, 6.45) is 7.62.